The number of carboxylic acid groups (broad SMARTS) is 1. The van der Waals surface area contributed by atoms with Gasteiger partial charge in [0.1, 0.15) is 0 Å². The Labute approximate surface area is 137 Å². The van der Waals surface area contributed by atoms with Crippen molar-refractivity contribution in [2.24, 2.45) is 5.16 Å². The summed E-state index contributed by atoms with van der Waals surface area (Å²) in [4.78, 5) is 16.4. The molecule has 0 atom stereocenters. The van der Waals surface area contributed by atoms with Crippen LogP contribution in [0.5, 0.6) is 0 Å². The highest BCUT2D eigenvalue weighted by atomic mass is 32.1. The molecule has 2 aromatic carbocycles. The number of carboxylic acids is 1. The van der Waals surface area contributed by atoms with Gasteiger partial charge in [0, 0.05) is 9.58 Å². The van der Waals surface area contributed by atoms with Gasteiger partial charge < -0.3 is 9.94 Å². The van der Waals surface area contributed by atoms with Gasteiger partial charge in [0.25, 0.3) is 0 Å². The van der Waals surface area contributed by atoms with Gasteiger partial charge in [0.15, 0.2) is 0 Å². The third-order valence-corrected chi connectivity index (χ3v) is 4.57. The van der Waals surface area contributed by atoms with E-state index in [0.29, 0.717) is 5.71 Å². The second-order valence-electron chi connectivity index (χ2n) is 5.07. The van der Waals surface area contributed by atoms with Crippen LogP contribution < -0.4 is 0 Å². The van der Waals surface area contributed by atoms with E-state index >= 15 is 0 Å². The molecule has 0 spiro atoms. The fourth-order valence-electron chi connectivity index (χ4n) is 2.24. The first-order valence-electron chi connectivity index (χ1n) is 7.11. The van der Waals surface area contributed by atoms with Crippen LogP contribution in [-0.4, -0.2) is 23.4 Å². The zero-order valence-corrected chi connectivity index (χ0v) is 13.3. The average molecular weight is 325 g/mol. The Morgan fingerprint density at radius 2 is 1.91 bits per heavy atom. The number of nitrogens with zero attached hydrogens (tertiary/aromatic N) is 1. The number of rotatable bonds is 5. The standard InChI is InChI=1S/C18H15NO3S/c1-12(19-22-11-18(20)21)13-6-8-14(9-7-13)17-10-15-4-2-3-5-16(15)23-17/h2-10H,11H2,1H3,(H,20,21). The van der Waals surface area contributed by atoms with Crippen molar-refractivity contribution in [2.45, 2.75) is 6.92 Å². The van der Waals surface area contributed by atoms with E-state index in [0.717, 1.165) is 11.1 Å². The molecule has 3 rings (SSSR count). The second kappa shape index (κ2) is 6.62. The van der Waals surface area contributed by atoms with Crippen molar-refractivity contribution < 1.29 is 14.7 Å². The summed E-state index contributed by atoms with van der Waals surface area (Å²) in [6.07, 6.45) is 0. The number of carbonyl (C=O) groups is 1. The summed E-state index contributed by atoms with van der Waals surface area (Å²) in [7, 11) is 0. The SMILES string of the molecule is CC(=NOCC(=O)O)c1ccc(-c2cc3ccccc3s2)cc1. The monoisotopic (exact) mass is 325 g/mol. The van der Waals surface area contributed by atoms with Gasteiger partial charge in [0.05, 0.1) is 5.71 Å². The van der Waals surface area contributed by atoms with Gasteiger partial charge in [0.2, 0.25) is 6.61 Å². The lowest BCUT2D eigenvalue weighted by atomic mass is 10.1. The second-order valence-corrected chi connectivity index (χ2v) is 6.15. The molecule has 1 N–H and O–H groups in total. The van der Waals surface area contributed by atoms with E-state index in [4.69, 9.17) is 9.94 Å². The van der Waals surface area contributed by atoms with Gasteiger partial charge in [-0.15, -0.1) is 11.3 Å². The highest BCUT2D eigenvalue weighted by Gasteiger charge is 2.05. The number of hydrogen-bond donors (Lipinski definition) is 1. The fraction of sp³-hybridized carbons (Fsp3) is 0.111. The molecule has 0 saturated heterocycles. The summed E-state index contributed by atoms with van der Waals surface area (Å²) in [6.45, 7) is 1.35. The summed E-state index contributed by atoms with van der Waals surface area (Å²) >= 11 is 1.76. The van der Waals surface area contributed by atoms with Gasteiger partial charge >= 0.3 is 5.97 Å². The maximum Gasteiger partial charge on any atom is 0.344 e. The molecule has 4 nitrogen and oxygen atoms in total. The minimum absolute atomic E-state index is 0.433. The smallest absolute Gasteiger partial charge is 0.344 e. The van der Waals surface area contributed by atoms with Crippen LogP contribution in [0.2, 0.25) is 0 Å². The first kappa shape index (κ1) is 15.2. The molecular formula is C18H15NO3S. The van der Waals surface area contributed by atoms with Crippen LogP contribution in [-0.2, 0) is 9.63 Å². The van der Waals surface area contributed by atoms with Crippen LogP contribution in [0.25, 0.3) is 20.5 Å². The average Bonchev–Trinajstić information content (AvgIpc) is 2.98. The highest BCUT2D eigenvalue weighted by molar-refractivity contribution is 7.22. The molecule has 1 aromatic heterocycles. The third kappa shape index (κ3) is 3.57. The van der Waals surface area contributed by atoms with E-state index in [1.54, 1.807) is 18.3 Å². The number of oxime groups is 1. The summed E-state index contributed by atoms with van der Waals surface area (Å²) in [5, 5.41) is 13.6. The quantitative estimate of drug-likeness (QED) is 0.559. The maximum atomic E-state index is 10.4. The van der Waals surface area contributed by atoms with Crippen molar-refractivity contribution in [2.75, 3.05) is 6.61 Å². The van der Waals surface area contributed by atoms with Crippen molar-refractivity contribution in [3.63, 3.8) is 0 Å². The topological polar surface area (TPSA) is 58.9 Å². The van der Waals surface area contributed by atoms with Crippen LogP contribution in [0, 0.1) is 0 Å². The van der Waals surface area contributed by atoms with E-state index < -0.39 is 12.6 Å². The van der Waals surface area contributed by atoms with E-state index in [1.807, 2.05) is 36.4 Å². The first-order valence-corrected chi connectivity index (χ1v) is 7.93. The number of aliphatic carboxylic acids is 1. The van der Waals surface area contributed by atoms with Crippen LogP contribution in [0.15, 0.2) is 59.8 Å². The van der Waals surface area contributed by atoms with Gasteiger partial charge in [-0.3, -0.25) is 0 Å². The third-order valence-electron chi connectivity index (χ3n) is 3.40. The molecule has 5 heteroatoms. The first-order chi connectivity index (χ1) is 11.1. The fourth-order valence-corrected chi connectivity index (χ4v) is 3.31. The summed E-state index contributed by atoms with van der Waals surface area (Å²) in [5.74, 6) is -1.04. The minimum Gasteiger partial charge on any atom is -0.479 e. The molecule has 0 saturated carbocycles. The van der Waals surface area contributed by atoms with Gasteiger partial charge in [-0.25, -0.2) is 4.79 Å². The Hall–Kier alpha value is -2.66. The molecule has 0 unspecified atom stereocenters. The summed E-state index contributed by atoms with van der Waals surface area (Å²) < 4.78 is 1.27. The van der Waals surface area contributed by atoms with E-state index in [2.05, 4.69) is 23.4 Å². The molecule has 1 heterocycles. The Balaban J connectivity index is 1.80. The highest BCUT2D eigenvalue weighted by Crippen LogP contribution is 2.33. The Bertz CT molecular complexity index is 832. The van der Waals surface area contributed by atoms with E-state index in [9.17, 15) is 4.79 Å². The van der Waals surface area contributed by atoms with Crippen molar-refractivity contribution in [1.82, 2.24) is 0 Å². The zero-order valence-electron chi connectivity index (χ0n) is 12.5. The molecule has 0 bridgehead atoms. The zero-order chi connectivity index (χ0) is 16.2. The Morgan fingerprint density at radius 1 is 1.17 bits per heavy atom. The minimum atomic E-state index is -1.04. The molecule has 0 amide bonds. The van der Waals surface area contributed by atoms with Crippen LogP contribution in [0.4, 0.5) is 0 Å². The van der Waals surface area contributed by atoms with Gasteiger partial charge in [-0.2, -0.15) is 0 Å². The Kier molecular flexibility index (Phi) is 4.39. The van der Waals surface area contributed by atoms with Crippen molar-refractivity contribution in [3.05, 3.63) is 60.2 Å². The lowest BCUT2D eigenvalue weighted by Crippen LogP contribution is -2.05. The van der Waals surface area contributed by atoms with Gasteiger partial charge in [-0.1, -0.05) is 47.6 Å². The molecule has 23 heavy (non-hydrogen) atoms. The molecular weight excluding hydrogens is 310 g/mol. The van der Waals surface area contributed by atoms with E-state index in [1.165, 1.54) is 15.0 Å². The normalized spacial score (nSPS) is 11.6. The lowest BCUT2D eigenvalue weighted by Gasteiger charge is -2.02. The molecule has 0 aliphatic carbocycles. The largest absolute Gasteiger partial charge is 0.479 e. The molecule has 0 aliphatic heterocycles. The molecule has 0 radical (unpaired) electrons. The van der Waals surface area contributed by atoms with Crippen molar-refractivity contribution in [1.29, 1.82) is 0 Å². The van der Waals surface area contributed by atoms with Gasteiger partial charge in [-0.05, 0) is 35.6 Å². The molecule has 0 aliphatic rings. The summed E-state index contributed by atoms with van der Waals surface area (Å²) in [5.41, 5.74) is 2.70. The predicted molar refractivity (Wildman–Crippen MR) is 93.1 cm³/mol. The van der Waals surface area contributed by atoms with Crippen LogP contribution in [0.1, 0.15) is 12.5 Å². The molecule has 3 aromatic rings. The predicted octanol–water partition coefficient (Wildman–Crippen LogP) is 4.39. The number of benzene rings is 2. The maximum absolute atomic E-state index is 10.4. The number of fused-ring (bicyclic) bond motifs is 1. The number of thiophene rings is 1. The summed E-state index contributed by atoms with van der Waals surface area (Å²) in [6, 6.07) is 18.5. The van der Waals surface area contributed by atoms with E-state index in [-0.39, 0.29) is 0 Å². The van der Waals surface area contributed by atoms with Crippen molar-refractivity contribution >= 4 is 33.1 Å². The molecule has 116 valence electrons. The van der Waals surface area contributed by atoms with Crippen LogP contribution in [0.3, 0.4) is 0 Å². The van der Waals surface area contributed by atoms with Crippen molar-refractivity contribution in [3.8, 4) is 10.4 Å². The number of hydrogen-bond acceptors (Lipinski definition) is 4. The lowest BCUT2D eigenvalue weighted by molar-refractivity contribution is -0.142. The van der Waals surface area contributed by atoms with Crippen LogP contribution >= 0.6 is 11.3 Å². The molecule has 0 fully saturated rings. The Morgan fingerprint density at radius 3 is 2.61 bits per heavy atom.